The van der Waals surface area contributed by atoms with Crippen molar-refractivity contribution in [2.75, 3.05) is 20.6 Å². The predicted octanol–water partition coefficient (Wildman–Crippen LogP) is 9.24. The Bertz CT molecular complexity index is 331. The average molecular weight is 442 g/mol. The highest BCUT2D eigenvalue weighted by atomic mass is 16.4. The molecule has 1 N–H and O–H groups in total. The van der Waals surface area contributed by atoms with Crippen LogP contribution < -0.4 is 0 Å². The summed E-state index contributed by atoms with van der Waals surface area (Å²) in [6.07, 6.45) is 29.6. The minimum absolute atomic E-state index is 0.327. The lowest BCUT2D eigenvalue weighted by Gasteiger charge is -2.08. The number of rotatable bonds is 23. The third-order valence-corrected chi connectivity index (χ3v) is 5.95. The van der Waals surface area contributed by atoms with E-state index in [1.54, 1.807) is 0 Å². The predicted molar refractivity (Wildman–Crippen MR) is 139 cm³/mol. The normalized spacial score (nSPS) is 10.9. The van der Waals surface area contributed by atoms with Crippen LogP contribution in [0.2, 0.25) is 0 Å². The van der Waals surface area contributed by atoms with E-state index in [1.165, 1.54) is 122 Å². The van der Waals surface area contributed by atoms with E-state index in [0.717, 1.165) is 19.3 Å². The van der Waals surface area contributed by atoms with Crippen molar-refractivity contribution < 1.29 is 9.90 Å². The van der Waals surface area contributed by atoms with Crippen molar-refractivity contribution in [3.63, 3.8) is 0 Å². The van der Waals surface area contributed by atoms with Gasteiger partial charge in [0, 0.05) is 6.42 Å². The smallest absolute Gasteiger partial charge is 0.303 e. The van der Waals surface area contributed by atoms with Gasteiger partial charge < -0.3 is 10.0 Å². The second kappa shape index (κ2) is 29.4. The fraction of sp³-hybridized carbons (Fsp3) is 0.964. The number of aliphatic carboxylic acids is 1. The highest BCUT2D eigenvalue weighted by Gasteiger charge is 1.95. The Hall–Kier alpha value is -0.570. The third-order valence-electron chi connectivity index (χ3n) is 5.95. The van der Waals surface area contributed by atoms with Crippen LogP contribution in [0, 0.1) is 0 Å². The Morgan fingerprint density at radius 1 is 0.516 bits per heavy atom. The van der Waals surface area contributed by atoms with Gasteiger partial charge in [-0.1, -0.05) is 136 Å². The lowest BCUT2D eigenvalue weighted by molar-refractivity contribution is -0.137. The van der Waals surface area contributed by atoms with E-state index in [0.29, 0.717) is 6.42 Å². The first-order valence-corrected chi connectivity index (χ1v) is 13.9. The molecule has 0 aliphatic heterocycles. The lowest BCUT2D eigenvalue weighted by Crippen LogP contribution is -2.12. The summed E-state index contributed by atoms with van der Waals surface area (Å²) in [5.74, 6) is -0.682. The number of carboxylic acids is 1. The molecule has 0 saturated heterocycles. The summed E-state index contributed by atoms with van der Waals surface area (Å²) in [4.78, 5) is 12.2. The molecule has 0 rings (SSSR count). The van der Waals surface area contributed by atoms with E-state index < -0.39 is 5.97 Å². The summed E-state index contributed by atoms with van der Waals surface area (Å²) in [5.41, 5.74) is 0. The van der Waals surface area contributed by atoms with Gasteiger partial charge in [-0.15, -0.1) is 0 Å². The van der Waals surface area contributed by atoms with Crippen molar-refractivity contribution in [2.45, 2.75) is 155 Å². The van der Waals surface area contributed by atoms with Gasteiger partial charge in [0.2, 0.25) is 0 Å². The van der Waals surface area contributed by atoms with Crippen LogP contribution in [-0.2, 0) is 4.79 Å². The SMILES string of the molecule is CCCCCC(=O)O.CCCCCCCCCCCCCCCCCCCCN(C)C. The maximum absolute atomic E-state index is 9.87. The number of carbonyl (C=O) groups is 1. The first-order chi connectivity index (χ1) is 15.0. The van der Waals surface area contributed by atoms with E-state index in [2.05, 4.69) is 32.8 Å². The minimum Gasteiger partial charge on any atom is -0.481 e. The van der Waals surface area contributed by atoms with Crippen molar-refractivity contribution in [2.24, 2.45) is 0 Å². The molecule has 0 aromatic heterocycles. The average Bonchev–Trinajstić information content (AvgIpc) is 2.73. The minimum atomic E-state index is -0.682. The molecule has 0 saturated carbocycles. The van der Waals surface area contributed by atoms with Crippen molar-refractivity contribution in [1.82, 2.24) is 4.90 Å². The number of nitrogens with zero attached hydrogens (tertiary/aromatic N) is 1. The molecule has 0 heterocycles. The van der Waals surface area contributed by atoms with Crippen LogP contribution in [-0.4, -0.2) is 36.6 Å². The molecule has 0 spiro atoms. The van der Waals surface area contributed by atoms with Gasteiger partial charge in [0.15, 0.2) is 0 Å². The monoisotopic (exact) mass is 441 g/mol. The zero-order valence-corrected chi connectivity index (χ0v) is 22.1. The Labute approximate surface area is 196 Å². The Morgan fingerprint density at radius 2 is 0.806 bits per heavy atom. The number of hydrogen-bond donors (Lipinski definition) is 1. The molecule has 0 bridgehead atoms. The summed E-state index contributed by atoms with van der Waals surface area (Å²) >= 11 is 0. The van der Waals surface area contributed by atoms with Crippen molar-refractivity contribution in [3.05, 3.63) is 0 Å². The zero-order valence-electron chi connectivity index (χ0n) is 22.1. The molecule has 0 radical (unpaired) electrons. The van der Waals surface area contributed by atoms with Gasteiger partial charge in [-0.05, 0) is 33.5 Å². The van der Waals surface area contributed by atoms with E-state index in [4.69, 9.17) is 5.11 Å². The van der Waals surface area contributed by atoms with Crippen molar-refractivity contribution in [1.29, 1.82) is 0 Å². The molecule has 188 valence electrons. The number of carboxylic acid groups (broad SMARTS) is 1. The Kier molecular flexibility index (Phi) is 31.0. The van der Waals surface area contributed by atoms with E-state index in [-0.39, 0.29) is 0 Å². The molecule has 0 aromatic carbocycles. The van der Waals surface area contributed by atoms with Crippen LogP contribution in [0.3, 0.4) is 0 Å². The molecule has 0 aromatic rings. The maximum Gasteiger partial charge on any atom is 0.303 e. The largest absolute Gasteiger partial charge is 0.481 e. The summed E-state index contributed by atoms with van der Waals surface area (Å²) in [6.45, 7) is 5.62. The van der Waals surface area contributed by atoms with Gasteiger partial charge >= 0.3 is 5.97 Å². The molecule has 0 aliphatic rings. The first-order valence-electron chi connectivity index (χ1n) is 13.9. The second-order valence-corrected chi connectivity index (χ2v) is 9.66. The van der Waals surface area contributed by atoms with E-state index >= 15 is 0 Å². The molecular weight excluding hydrogens is 382 g/mol. The molecule has 0 aliphatic carbocycles. The van der Waals surface area contributed by atoms with Gasteiger partial charge in [0.25, 0.3) is 0 Å². The zero-order chi connectivity index (χ0) is 23.4. The highest BCUT2D eigenvalue weighted by molar-refractivity contribution is 5.66. The quantitative estimate of drug-likeness (QED) is 0.161. The molecule has 0 amide bonds. The number of unbranched alkanes of at least 4 members (excludes halogenated alkanes) is 19. The van der Waals surface area contributed by atoms with Crippen molar-refractivity contribution in [3.8, 4) is 0 Å². The van der Waals surface area contributed by atoms with Gasteiger partial charge in [0.1, 0.15) is 0 Å². The van der Waals surface area contributed by atoms with E-state index in [9.17, 15) is 4.79 Å². The molecule has 31 heavy (non-hydrogen) atoms. The lowest BCUT2D eigenvalue weighted by atomic mass is 10.0. The molecule has 0 fully saturated rings. The summed E-state index contributed by atoms with van der Waals surface area (Å²) in [7, 11) is 4.35. The van der Waals surface area contributed by atoms with Crippen LogP contribution in [0.4, 0.5) is 0 Å². The summed E-state index contributed by atoms with van der Waals surface area (Å²) < 4.78 is 0. The highest BCUT2D eigenvalue weighted by Crippen LogP contribution is 2.14. The van der Waals surface area contributed by atoms with Gasteiger partial charge in [0.05, 0.1) is 0 Å². The van der Waals surface area contributed by atoms with Crippen molar-refractivity contribution >= 4 is 5.97 Å². The Balaban J connectivity index is 0. The third kappa shape index (κ3) is 37.1. The van der Waals surface area contributed by atoms with Crippen LogP contribution in [0.25, 0.3) is 0 Å². The first kappa shape index (κ1) is 32.6. The topological polar surface area (TPSA) is 40.5 Å². The standard InChI is InChI=1S/C22H47N.C6H12O2/c1-4-5-6-7-8-9-10-11-12-13-14-15-16-17-18-19-20-21-22-23(2)3;1-2-3-4-5-6(7)8/h4-22H2,1-3H3;2-5H2,1H3,(H,7,8). The Morgan fingerprint density at radius 3 is 1.10 bits per heavy atom. The van der Waals surface area contributed by atoms with Crippen LogP contribution in [0.15, 0.2) is 0 Å². The van der Waals surface area contributed by atoms with Crippen LogP contribution in [0.1, 0.15) is 155 Å². The molecule has 0 unspecified atom stereocenters. The fourth-order valence-corrected chi connectivity index (χ4v) is 3.86. The summed E-state index contributed by atoms with van der Waals surface area (Å²) in [5, 5.41) is 8.14. The van der Waals surface area contributed by atoms with Crippen LogP contribution in [0.5, 0.6) is 0 Å². The molecule has 3 nitrogen and oxygen atoms in total. The maximum atomic E-state index is 9.87. The molecule has 3 heteroatoms. The van der Waals surface area contributed by atoms with Gasteiger partial charge in [-0.2, -0.15) is 0 Å². The second-order valence-electron chi connectivity index (χ2n) is 9.66. The molecular formula is C28H59NO2. The van der Waals surface area contributed by atoms with Gasteiger partial charge in [-0.3, -0.25) is 4.79 Å². The fourth-order valence-electron chi connectivity index (χ4n) is 3.86. The number of hydrogen-bond acceptors (Lipinski definition) is 2. The summed E-state index contributed by atoms with van der Waals surface area (Å²) in [6, 6.07) is 0. The van der Waals surface area contributed by atoms with Gasteiger partial charge in [-0.25, -0.2) is 0 Å². The van der Waals surface area contributed by atoms with Crippen LogP contribution >= 0.6 is 0 Å². The van der Waals surface area contributed by atoms with E-state index in [1.807, 2.05) is 0 Å². The molecule has 0 atom stereocenters.